The first-order valence-corrected chi connectivity index (χ1v) is 5.59. The van der Waals surface area contributed by atoms with Gasteiger partial charge < -0.3 is 5.73 Å². The largest absolute Gasteiger partial charge is 0.398 e. The quantitative estimate of drug-likeness (QED) is 0.593. The van der Waals surface area contributed by atoms with Crippen molar-refractivity contribution < 1.29 is 4.79 Å². The third-order valence-corrected chi connectivity index (χ3v) is 3.37. The van der Waals surface area contributed by atoms with E-state index in [1.54, 1.807) is 0 Å². The van der Waals surface area contributed by atoms with Gasteiger partial charge in [0, 0.05) is 17.2 Å². The Morgan fingerprint density at radius 3 is 2.67 bits per heavy atom. The monoisotopic (exact) mass is 203 g/mol. The predicted molar refractivity (Wildman–Crippen MR) is 61.9 cm³/mol. The summed E-state index contributed by atoms with van der Waals surface area (Å²) in [6.07, 6.45) is 4.48. The van der Waals surface area contributed by atoms with E-state index in [0.717, 1.165) is 29.7 Å². The zero-order valence-electron chi connectivity index (χ0n) is 9.12. The van der Waals surface area contributed by atoms with Crippen LogP contribution in [-0.2, 0) is 0 Å². The summed E-state index contributed by atoms with van der Waals surface area (Å²) in [5, 5.41) is 0. The first-order valence-electron chi connectivity index (χ1n) is 5.59. The molecule has 1 aromatic carbocycles. The van der Waals surface area contributed by atoms with Crippen molar-refractivity contribution >= 4 is 11.5 Å². The highest BCUT2D eigenvalue weighted by molar-refractivity contribution is 6.00. The van der Waals surface area contributed by atoms with Crippen molar-refractivity contribution in [1.82, 2.24) is 0 Å². The molecule has 1 aromatic rings. The molecular formula is C13H17NO. The highest BCUT2D eigenvalue weighted by atomic mass is 16.1. The molecule has 2 N–H and O–H groups in total. The Bertz CT molecular complexity index is 378. The molecule has 0 saturated heterocycles. The van der Waals surface area contributed by atoms with Crippen LogP contribution in [0, 0.1) is 12.8 Å². The van der Waals surface area contributed by atoms with Gasteiger partial charge in [0.2, 0.25) is 0 Å². The van der Waals surface area contributed by atoms with Crippen LogP contribution in [0.15, 0.2) is 18.2 Å². The Labute approximate surface area is 90.5 Å². The van der Waals surface area contributed by atoms with Crippen LogP contribution in [-0.4, -0.2) is 5.78 Å². The minimum atomic E-state index is 0.241. The topological polar surface area (TPSA) is 43.1 Å². The maximum absolute atomic E-state index is 12.2. The lowest BCUT2D eigenvalue weighted by atomic mass is 9.93. The van der Waals surface area contributed by atoms with E-state index in [0.29, 0.717) is 0 Å². The normalized spacial score (nSPS) is 16.9. The molecular weight excluding hydrogens is 186 g/mol. The van der Waals surface area contributed by atoms with Gasteiger partial charge in [-0.1, -0.05) is 25.0 Å². The van der Waals surface area contributed by atoms with E-state index in [-0.39, 0.29) is 11.7 Å². The van der Waals surface area contributed by atoms with Crippen molar-refractivity contribution in [3.05, 3.63) is 29.3 Å². The van der Waals surface area contributed by atoms with Crippen LogP contribution >= 0.6 is 0 Å². The number of carbonyl (C=O) groups is 1. The van der Waals surface area contributed by atoms with Crippen LogP contribution in [0.5, 0.6) is 0 Å². The average molecular weight is 203 g/mol. The first kappa shape index (κ1) is 10.2. The van der Waals surface area contributed by atoms with Crippen molar-refractivity contribution in [2.75, 3.05) is 5.73 Å². The van der Waals surface area contributed by atoms with E-state index in [9.17, 15) is 4.79 Å². The van der Waals surface area contributed by atoms with Gasteiger partial charge in [0.15, 0.2) is 5.78 Å². The Balaban J connectivity index is 2.28. The van der Waals surface area contributed by atoms with Gasteiger partial charge in [-0.25, -0.2) is 0 Å². The molecule has 2 rings (SSSR count). The second-order valence-electron chi connectivity index (χ2n) is 4.37. The Morgan fingerprint density at radius 1 is 1.33 bits per heavy atom. The molecule has 0 bridgehead atoms. The van der Waals surface area contributed by atoms with Gasteiger partial charge in [0.25, 0.3) is 0 Å². The molecule has 0 heterocycles. The number of Topliss-reactive ketones (excluding diaryl/α,β-unsaturated/α-hetero) is 1. The lowest BCUT2D eigenvalue weighted by Crippen LogP contribution is -2.13. The molecule has 0 aliphatic heterocycles. The lowest BCUT2D eigenvalue weighted by molar-refractivity contribution is 0.0922. The summed E-state index contributed by atoms with van der Waals surface area (Å²) < 4.78 is 0. The highest BCUT2D eigenvalue weighted by Gasteiger charge is 2.24. The van der Waals surface area contributed by atoms with E-state index < -0.39 is 0 Å². The predicted octanol–water partition coefficient (Wildman–Crippen LogP) is 2.95. The summed E-state index contributed by atoms with van der Waals surface area (Å²) >= 11 is 0. The molecule has 2 heteroatoms. The molecule has 1 aliphatic carbocycles. The number of anilines is 1. The zero-order valence-corrected chi connectivity index (χ0v) is 9.12. The Kier molecular flexibility index (Phi) is 2.76. The van der Waals surface area contributed by atoms with Gasteiger partial charge in [-0.3, -0.25) is 4.79 Å². The minimum absolute atomic E-state index is 0.241. The number of hydrogen-bond donors (Lipinski definition) is 1. The Morgan fingerprint density at radius 2 is 2.00 bits per heavy atom. The number of nitrogen functional groups attached to an aromatic ring is 1. The van der Waals surface area contributed by atoms with Crippen LogP contribution in [0.2, 0.25) is 0 Å². The van der Waals surface area contributed by atoms with Crippen LogP contribution < -0.4 is 5.73 Å². The molecule has 2 nitrogen and oxygen atoms in total. The maximum atomic E-state index is 12.2. The smallest absolute Gasteiger partial charge is 0.166 e. The minimum Gasteiger partial charge on any atom is -0.398 e. The Hall–Kier alpha value is -1.31. The van der Waals surface area contributed by atoms with Crippen molar-refractivity contribution in [2.45, 2.75) is 32.6 Å². The molecule has 1 saturated carbocycles. The first-order chi connectivity index (χ1) is 7.20. The van der Waals surface area contributed by atoms with E-state index in [1.807, 2.05) is 25.1 Å². The third kappa shape index (κ3) is 1.89. The van der Waals surface area contributed by atoms with E-state index in [4.69, 9.17) is 5.73 Å². The molecule has 15 heavy (non-hydrogen) atoms. The van der Waals surface area contributed by atoms with Gasteiger partial charge in [-0.05, 0) is 31.4 Å². The van der Waals surface area contributed by atoms with Crippen molar-refractivity contribution in [3.8, 4) is 0 Å². The number of benzene rings is 1. The van der Waals surface area contributed by atoms with Gasteiger partial charge in [-0.15, -0.1) is 0 Å². The van der Waals surface area contributed by atoms with Gasteiger partial charge >= 0.3 is 0 Å². The van der Waals surface area contributed by atoms with Crippen molar-refractivity contribution in [3.63, 3.8) is 0 Å². The number of carbonyl (C=O) groups excluding carboxylic acids is 1. The summed E-state index contributed by atoms with van der Waals surface area (Å²) in [5.41, 5.74) is 8.29. The molecule has 0 unspecified atom stereocenters. The van der Waals surface area contributed by atoms with Crippen LogP contribution in [0.3, 0.4) is 0 Å². The SMILES string of the molecule is Cc1c(N)cccc1C(=O)C1CCCC1. The second kappa shape index (κ2) is 4.05. The molecule has 80 valence electrons. The van der Waals surface area contributed by atoms with E-state index in [2.05, 4.69) is 0 Å². The standard InChI is InChI=1S/C13H17NO/c1-9-11(7-4-8-12(9)14)13(15)10-5-2-3-6-10/h4,7-8,10H,2-3,5-6,14H2,1H3. The fourth-order valence-corrected chi connectivity index (χ4v) is 2.33. The fourth-order valence-electron chi connectivity index (χ4n) is 2.33. The molecule has 0 radical (unpaired) electrons. The van der Waals surface area contributed by atoms with Crippen LogP contribution in [0.1, 0.15) is 41.6 Å². The zero-order chi connectivity index (χ0) is 10.8. The summed E-state index contributed by atoms with van der Waals surface area (Å²) in [6.45, 7) is 1.93. The summed E-state index contributed by atoms with van der Waals surface area (Å²) in [5.74, 6) is 0.530. The number of ketones is 1. The number of hydrogen-bond acceptors (Lipinski definition) is 2. The van der Waals surface area contributed by atoms with Gasteiger partial charge in [0.05, 0.1) is 0 Å². The fraction of sp³-hybridized carbons (Fsp3) is 0.462. The van der Waals surface area contributed by atoms with E-state index in [1.165, 1.54) is 12.8 Å². The van der Waals surface area contributed by atoms with Crippen molar-refractivity contribution in [2.24, 2.45) is 5.92 Å². The molecule has 0 amide bonds. The van der Waals surface area contributed by atoms with Gasteiger partial charge in [-0.2, -0.15) is 0 Å². The summed E-state index contributed by atoms with van der Waals surface area (Å²) in [4.78, 5) is 12.2. The van der Waals surface area contributed by atoms with Crippen molar-refractivity contribution in [1.29, 1.82) is 0 Å². The molecule has 0 aromatic heterocycles. The number of nitrogens with two attached hydrogens (primary N) is 1. The highest BCUT2D eigenvalue weighted by Crippen LogP contribution is 2.29. The van der Waals surface area contributed by atoms with Gasteiger partial charge in [0.1, 0.15) is 0 Å². The molecule has 1 aliphatic rings. The molecule has 0 spiro atoms. The number of rotatable bonds is 2. The van der Waals surface area contributed by atoms with Crippen LogP contribution in [0.4, 0.5) is 5.69 Å². The third-order valence-electron chi connectivity index (χ3n) is 3.37. The second-order valence-corrected chi connectivity index (χ2v) is 4.37. The maximum Gasteiger partial charge on any atom is 0.166 e. The summed E-state index contributed by atoms with van der Waals surface area (Å²) in [7, 11) is 0. The van der Waals surface area contributed by atoms with E-state index >= 15 is 0 Å². The van der Waals surface area contributed by atoms with Crippen LogP contribution in [0.25, 0.3) is 0 Å². The summed E-state index contributed by atoms with van der Waals surface area (Å²) in [6, 6.07) is 5.61. The average Bonchev–Trinajstić information content (AvgIpc) is 2.74. The lowest BCUT2D eigenvalue weighted by Gasteiger charge is -2.11. The molecule has 1 fully saturated rings. The molecule has 0 atom stereocenters.